The highest BCUT2D eigenvalue weighted by Crippen LogP contribution is 2.30. The van der Waals surface area contributed by atoms with E-state index < -0.39 is 0 Å². The Labute approximate surface area is 159 Å². The number of halogens is 1. The number of imidazole rings is 1. The molecule has 0 N–H and O–H groups in total. The van der Waals surface area contributed by atoms with Gasteiger partial charge in [-0.2, -0.15) is 0 Å². The van der Waals surface area contributed by atoms with E-state index in [1.165, 1.54) is 12.1 Å². The minimum atomic E-state index is -0.246. The lowest BCUT2D eigenvalue weighted by Crippen LogP contribution is -2.51. The maximum absolute atomic E-state index is 13.4. The molecule has 3 heterocycles. The van der Waals surface area contributed by atoms with Crippen molar-refractivity contribution in [2.45, 2.75) is 12.6 Å². The Morgan fingerprint density at radius 2 is 1.85 bits per heavy atom. The van der Waals surface area contributed by atoms with E-state index in [1.807, 2.05) is 24.5 Å². The number of benzene rings is 1. The molecule has 0 aliphatic carbocycles. The fourth-order valence-electron chi connectivity index (χ4n) is 3.64. The molecule has 3 aromatic rings. The SMILES string of the molecule is CN1CCN(C)C(Cn2cnc(-c3ccc(F)cc3)c2-c2ccccn2)C1. The highest BCUT2D eigenvalue weighted by atomic mass is 19.1. The number of hydrogen-bond acceptors (Lipinski definition) is 4. The summed E-state index contributed by atoms with van der Waals surface area (Å²) in [5.41, 5.74) is 3.58. The van der Waals surface area contributed by atoms with Crippen LogP contribution in [0.5, 0.6) is 0 Å². The van der Waals surface area contributed by atoms with Gasteiger partial charge in [-0.1, -0.05) is 6.07 Å². The van der Waals surface area contributed by atoms with Crippen LogP contribution in [0.1, 0.15) is 0 Å². The first-order chi connectivity index (χ1) is 13.1. The number of rotatable bonds is 4. The Bertz CT molecular complexity index is 891. The van der Waals surface area contributed by atoms with Gasteiger partial charge in [0.1, 0.15) is 5.82 Å². The topological polar surface area (TPSA) is 37.2 Å². The average molecular weight is 365 g/mol. The van der Waals surface area contributed by atoms with Crippen LogP contribution in [0.4, 0.5) is 4.39 Å². The maximum atomic E-state index is 13.4. The van der Waals surface area contributed by atoms with E-state index in [0.29, 0.717) is 6.04 Å². The molecule has 0 amide bonds. The summed E-state index contributed by atoms with van der Waals surface area (Å²) in [5, 5.41) is 0. The van der Waals surface area contributed by atoms with Crippen LogP contribution in [0.25, 0.3) is 22.6 Å². The number of pyridine rings is 1. The minimum absolute atomic E-state index is 0.246. The van der Waals surface area contributed by atoms with Crippen molar-refractivity contribution < 1.29 is 4.39 Å². The average Bonchev–Trinajstić information content (AvgIpc) is 3.09. The lowest BCUT2D eigenvalue weighted by Gasteiger charge is -2.38. The second kappa shape index (κ2) is 7.58. The number of aromatic nitrogens is 3. The van der Waals surface area contributed by atoms with Gasteiger partial charge in [0.05, 0.1) is 23.4 Å². The molecule has 1 aromatic carbocycles. The Hall–Kier alpha value is -2.57. The third kappa shape index (κ3) is 3.77. The largest absolute Gasteiger partial charge is 0.327 e. The molecule has 0 saturated carbocycles. The molecule has 0 radical (unpaired) electrons. The first-order valence-corrected chi connectivity index (χ1v) is 9.23. The van der Waals surface area contributed by atoms with Crippen LogP contribution in [-0.4, -0.2) is 64.1 Å². The van der Waals surface area contributed by atoms with Gasteiger partial charge in [0.2, 0.25) is 0 Å². The maximum Gasteiger partial charge on any atom is 0.123 e. The fourth-order valence-corrected chi connectivity index (χ4v) is 3.64. The first-order valence-electron chi connectivity index (χ1n) is 9.23. The molecule has 1 aliphatic rings. The summed E-state index contributed by atoms with van der Waals surface area (Å²) < 4.78 is 15.6. The Morgan fingerprint density at radius 1 is 1.04 bits per heavy atom. The molecular formula is C21H24FN5. The molecule has 1 saturated heterocycles. The summed E-state index contributed by atoms with van der Waals surface area (Å²) in [7, 11) is 4.34. The van der Waals surface area contributed by atoms with Crippen molar-refractivity contribution in [3.05, 3.63) is 60.8 Å². The Morgan fingerprint density at radius 3 is 2.59 bits per heavy atom. The van der Waals surface area contributed by atoms with E-state index >= 15 is 0 Å². The first kappa shape index (κ1) is 17.8. The smallest absolute Gasteiger partial charge is 0.123 e. The zero-order chi connectivity index (χ0) is 18.8. The van der Waals surface area contributed by atoms with Gasteiger partial charge < -0.3 is 9.47 Å². The summed E-state index contributed by atoms with van der Waals surface area (Å²) in [4.78, 5) is 14.0. The predicted octanol–water partition coefficient (Wildman–Crippen LogP) is 3.00. The van der Waals surface area contributed by atoms with Gasteiger partial charge >= 0.3 is 0 Å². The molecule has 2 aromatic heterocycles. The molecule has 0 bridgehead atoms. The molecule has 1 fully saturated rings. The van der Waals surface area contributed by atoms with E-state index in [0.717, 1.165) is 48.8 Å². The van der Waals surface area contributed by atoms with Crippen molar-refractivity contribution in [1.29, 1.82) is 0 Å². The highest BCUT2D eigenvalue weighted by molar-refractivity contribution is 5.76. The van der Waals surface area contributed by atoms with Gasteiger partial charge in [-0.15, -0.1) is 0 Å². The van der Waals surface area contributed by atoms with Gasteiger partial charge in [0, 0.05) is 44.0 Å². The molecule has 1 atom stereocenters. The number of likely N-dealkylation sites (N-methyl/N-ethyl adjacent to an activating group) is 2. The lowest BCUT2D eigenvalue weighted by atomic mass is 10.1. The van der Waals surface area contributed by atoms with Gasteiger partial charge in [0.15, 0.2) is 0 Å². The van der Waals surface area contributed by atoms with Gasteiger partial charge in [-0.3, -0.25) is 9.88 Å². The summed E-state index contributed by atoms with van der Waals surface area (Å²) in [6.45, 7) is 3.99. The molecule has 0 spiro atoms. The molecule has 6 heteroatoms. The van der Waals surface area contributed by atoms with E-state index in [2.05, 4.69) is 38.4 Å². The molecule has 140 valence electrons. The second-order valence-corrected chi connectivity index (χ2v) is 7.21. The standard InChI is InChI=1S/C21H24FN5/c1-25-11-12-26(2)18(13-25)14-27-15-24-20(16-6-8-17(22)9-7-16)21(27)19-5-3-4-10-23-19/h3-10,15,18H,11-14H2,1-2H3. The monoisotopic (exact) mass is 365 g/mol. The van der Waals surface area contributed by atoms with E-state index in [1.54, 1.807) is 18.3 Å². The summed E-state index contributed by atoms with van der Waals surface area (Å²) in [6, 6.07) is 12.8. The molecule has 27 heavy (non-hydrogen) atoms. The summed E-state index contributed by atoms with van der Waals surface area (Å²) in [6.07, 6.45) is 3.67. The third-order valence-electron chi connectivity index (χ3n) is 5.25. The Kier molecular flexibility index (Phi) is 5.01. The highest BCUT2D eigenvalue weighted by Gasteiger charge is 2.25. The van der Waals surface area contributed by atoms with E-state index in [4.69, 9.17) is 0 Å². The van der Waals surface area contributed by atoms with Gasteiger partial charge in [-0.05, 0) is 50.5 Å². The summed E-state index contributed by atoms with van der Waals surface area (Å²) >= 11 is 0. The molecule has 4 rings (SSSR count). The van der Waals surface area contributed by atoms with Crippen molar-refractivity contribution in [2.24, 2.45) is 0 Å². The second-order valence-electron chi connectivity index (χ2n) is 7.21. The van der Waals surface area contributed by atoms with Crippen LogP contribution >= 0.6 is 0 Å². The quantitative estimate of drug-likeness (QED) is 0.712. The van der Waals surface area contributed by atoms with Gasteiger partial charge in [-0.25, -0.2) is 9.37 Å². The molecule has 5 nitrogen and oxygen atoms in total. The zero-order valence-corrected chi connectivity index (χ0v) is 15.7. The number of nitrogens with zero attached hydrogens (tertiary/aromatic N) is 5. The van der Waals surface area contributed by atoms with Crippen LogP contribution in [0, 0.1) is 5.82 Å². The van der Waals surface area contributed by atoms with E-state index in [-0.39, 0.29) is 5.82 Å². The molecule has 1 unspecified atom stereocenters. The Balaban J connectivity index is 1.74. The summed E-state index contributed by atoms with van der Waals surface area (Å²) in [5.74, 6) is -0.246. The van der Waals surface area contributed by atoms with E-state index in [9.17, 15) is 4.39 Å². The van der Waals surface area contributed by atoms with Gasteiger partial charge in [0.25, 0.3) is 0 Å². The molecular weight excluding hydrogens is 341 g/mol. The minimum Gasteiger partial charge on any atom is -0.327 e. The lowest BCUT2D eigenvalue weighted by molar-refractivity contribution is 0.103. The van der Waals surface area contributed by atoms with Crippen molar-refractivity contribution >= 4 is 0 Å². The van der Waals surface area contributed by atoms with Crippen LogP contribution in [0.15, 0.2) is 55.0 Å². The molecule has 1 aliphatic heterocycles. The third-order valence-corrected chi connectivity index (χ3v) is 5.25. The van der Waals surface area contributed by atoms with Crippen molar-refractivity contribution in [2.75, 3.05) is 33.7 Å². The fraction of sp³-hybridized carbons (Fsp3) is 0.333. The van der Waals surface area contributed by atoms with Crippen LogP contribution in [0.3, 0.4) is 0 Å². The number of piperazine rings is 1. The van der Waals surface area contributed by atoms with Crippen LogP contribution in [-0.2, 0) is 6.54 Å². The zero-order valence-electron chi connectivity index (χ0n) is 15.7. The predicted molar refractivity (Wildman–Crippen MR) is 105 cm³/mol. The van der Waals surface area contributed by atoms with Crippen molar-refractivity contribution in [3.8, 4) is 22.6 Å². The number of hydrogen-bond donors (Lipinski definition) is 0. The normalized spacial score (nSPS) is 18.7. The van der Waals surface area contributed by atoms with Crippen LogP contribution < -0.4 is 0 Å². The van der Waals surface area contributed by atoms with Crippen molar-refractivity contribution in [3.63, 3.8) is 0 Å². The van der Waals surface area contributed by atoms with Crippen molar-refractivity contribution in [1.82, 2.24) is 24.3 Å². The van der Waals surface area contributed by atoms with Crippen LogP contribution in [0.2, 0.25) is 0 Å².